The number of carbonyl (C=O) groups is 2. The molecule has 0 fully saturated rings. The normalized spacial score (nSPS) is 10.6. The Labute approximate surface area is 212 Å². The van der Waals surface area contributed by atoms with Crippen LogP contribution < -0.4 is 20.4 Å². The lowest BCUT2D eigenvalue weighted by Gasteiger charge is -2.15. The number of hydrogen-bond acceptors (Lipinski definition) is 8. The number of rotatable bonds is 8. The maximum atomic E-state index is 14.5. The number of fused-ring (bicyclic) bond motifs is 1. The Bertz CT molecular complexity index is 1510. The molecule has 0 bridgehead atoms. The summed E-state index contributed by atoms with van der Waals surface area (Å²) in [5.74, 6) is -1.61. The summed E-state index contributed by atoms with van der Waals surface area (Å²) in [5, 5.41) is 8.15. The van der Waals surface area contributed by atoms with Crippen LogP contribution in [0, 0.1) is 5.82 Å². The predicted molar refractivity (Wildman–Crippen MR) is 139 cm³/mol. The minimum absolute atomic E-state index is 0.0892. The summed E-state index contributed by atoms with van der Waals surface area (Å²) in [4.78, 5) is 33.2. The SMILES string of the molecule is C=CC(=O)Nc1cc(Nc2ncc(C(=O)OC)c(-c3cn(N(C)C)c4ccccc34)n2)c(OC)cc1F. The van der Waals surface area contributed by atoms with Gasteiger partial charge in [0, 0.05) is 43.5 Å². The van der Waals surface area contributed by atoms with Crippen molar-refractivity contribution in [1.82, 2.24) is 14.6 Å². The molecule has 2 aromatic carbocycles. The van der Waals surface area contributed by atoms with Crippen molar-refractivity contribution in [2.45, 2.75) is 0 Å². The Morgan fingerprint density at radius 3 is 2.59 bits per heavy atom. The Kier molecular flexibility index (Phi) is 7.05. The van der Waals surface area contributed by atoms with Gasteiger partial charge in [0.2, 0.25) is 11.9 Å². The van der Waals surface area contributed by atoms with Gasteiger partial charge in [-0.3, -0.25) is 9.47 Å². The summed E-state index contributed by atoms with van der Waals surface area (Å²) in [6.45, 7) is 3.38. The molecule has 0 atom stereocenters. The number of nitrogens with one attached hydrogen (secondary N) is 2. The van der Waals surface area contributed by atoms with Crippen molar-refractivity contribution in [2.75, 3.05) is 44.0 Å². The Morgan fingerprint density at radius 1 is 1.16 bits per heavy atom. The molecule has 0 spiro atoms. The van der Waals surface area contributed by atoms with Crippen LogP contribution in [-0.2, 0) is 9.53 Å². The van der Waals surface area contributed by atoms with Crippen LogP contribution in [0.4, 0.5) is 21.7 Å². The number of aromatic nitrogens is 3. The highest BCUT2D eigenvalue weighted by atomic mass is 19.1. The maximum absolute atomic E-state index is 14.5. The number of anilines is 3. The molecule has 11 heteroatoms. The van der Waals surface area contributed by atoms with Crippen molar-refractivity contribution in [1.29, 1.82) is 0 Å². The number of methoxy groups -OCH3 is 2. The van der Waals surface area contributed by atoms with E-state index in [-0.39, 0.29) is 28.6 Å². The molecule has 10 nitrogen and oxygen atoms in total. The van der Waals surface area contributed by atoms with Gasteiger partial charge in [0.25, 0.3) is 0 Å². The van der Waals surface area contributed by atoms with Gasteiger partial charge in [0.1, 0.15) is 11.3 Å². The molecule has 4 rings (SSSR count). The molecular formula is C26H25FN6O4. The summed E-state index contributed by atoms with van der Waals surface area (Å²) < 4.78 is 26.7. The van der Waals surface area contributed by atoms with E-state index in [1.807, 2.05) is 54.2 Å². The molecule has 190 valence electrons. The second-order valence-electron chi connectivity index (χ2n) is 8.05. The van der Waals surface area contributed by atoms with E-state index < -0.39 is 17.7 Å². The van der Waals surface area contributed by atoms with Crippen molar-refractivity contribution in [3.05, 3.63) is 72.8 Å². The van der Waals surface area contributed by atoms with Crippen molar-refractivity contribution in [3.8, 4) is 17.0 Å². The second kappa shape index (κ2) is 10.4. The van der Waals surface area contributed by atoms with Crippen molar-refractivity contribution in [2.24, 2.45) is 0 Å². The number of esters is 1. The van der Waals surface area contributed by atoms with Gasteiger partial charge in [-0.05, 0) is 18.2 Å². The van der Waals surface area contributed by atoms with E-state index in [2.05, 4.69) is 27.2 Å². The Morgan fingerprint density at radius 2 is 1.92 bits per heavy atom. The molecule has 37 heavy (non-hydrogen) atoms. The van der Waals surface area contributed by atoms with Crippen LogP contribution in [-0.4, -0.2) is 54.8 Å². The number of halogens is 1. The van der Waals surface area contributed by atoms with Gasteiger partial charge in [-0.2, -0.15) is 0 Å². The fourth-order valence-electron chi connectivity index (χ4n) is 3.81. The van der Waals surface area contributed by atoms with Crippen LogP contribution in [0.2, 0.25) is 0 Å². The number of amides is 1. The highest BCUT2D eigenvalue weighted by Gasteiger charge is 2.22. The molecule has 2 aromatic heterocycles. The fourth-order valence-corrected chi connectivity index (χ4v) is 3.81. The van der Waals surface area contributed by atoms with Gasteiger partial charge in [-0.15, -0.1) is 0 Å². The third kappa shape index (κ3) is 4.92. The zero-order chi connectivity index (χ0) is 26.7. The zero-order valence-corrected chi connectivity index (χ0v) is 20.7. The average molecular weight is 505 g/mol. The molecule has 2 N–H and O–H groups in total. The van der Waals surface area contributed by atoms with E-state index in [0.29, 0.717) is 11.3 Å². The lowest BCUT2D eigenvalue weighted by atomic mass is 10.1. The van der Waals surface area contributed by atoms with Crippen LogP contribution >= 0.6 is 0 Å². The summed E-state index contributed by atoms with van der Waals surface area (Å²) in [6.07, 6.45) is 4.25. The molecule has 0 aliphatic rings. The van der Waals surface area contributed by atoms with E-state index in [0.717, 1.165) is 23.0 Å². The highest BCUT2D eigenvalue weighted by Crippen LogP contribution is 2.35. The molecule has 0 aliphatic carbocycles. The summed E-state index contributed by atoms with van der Waals surface area (Å²) in [7, 11) is 6.45. The minimum atomic E-state index is -0.697. The number of para-hydroxylation sites is 1. The smallest absolute Gasteiger partial charge is 0.341 e. The van der Waals surface area contributed by atoms with Crippen LogP contribution in [0.5, 0.6) is 5.75 Å². The van der Waals surface area contributed by atoms with E-state index in [1.54, 1.807) is 0 Å². The molecule has 1 amide bonds. The van der Waals surface area contributed by atoms with Gasteiger partial charge < -0.3 is 25.1 Å². The van der Waals surface area contributed by atoms with Crippen LogP contribution in [0.25, 0.3) is 22.2 Å². The Balaban J connectivity index is 1.85. The van der Waals surface area contributed by atoms with E-state index in [1.165, 1.54) is 26.5 Å². The fraction of sp³-hybridized carbons (Fsp3) is 0.154. The van der Waals surface area contributed by atoms with Gasteiger partial charge in [-0.25, -0.2) is 19.2 Å². The molecule has 4 aromatic rings. The largest absolute Gasteiger partial charge is 0.494 e. The number of ether oxygens (including phenoxy) is 2. The van der Waals surface area contributed by atoms with Crippen molar-refractivity contribution >= 4 is 40.1 Å². The first-order valence-electron chi connectivity index (χ1n) is 11.1. The van der Waals surface area contributed by atoms with E-state index >= 15 is 0 Å². The number of hydrogen-bond donors (Lipinski definition) is 2. The van der Waals surface area contributed by atoms with Gasteiger partial charge in [-0.1, -0.05) is 24.8 Å². The zero-order valence-electron chi connectivity index (χ0n) is 20.7. The molecule has 0 saturated carbocycles. The number of benzene rings is 2. The van der Waals surface area contributed by atoms with E-state index in [4.69, 9.17) is 9.47 Å². The maximum Gasteiger partial charge on any atom is 0.341 e. The van der Waals surface area contributed by atoms with Crippen molar-refractivity contribution < 1.29 is 23.5 Å². The molecule has 0 unspecified atom stereocenters. The van der Waals surface area contributed by atoms with Crippen LogP contribution in [0.15, 0.2) is 61.4 Å². The first-order valence-corrected chi connectivity index (χ1v) is 11.1. The van der Waals surface area contributed by atoms with E-state index in [9.17, 15) is 14.0 Å². The quantitative estimate of drug-likeness (QED) is 0.273. The van der Waals surface area contributed by atoms with Crippen LogP contribution in [0.3, 0.4) is 0 Å². The minimum Gasteiger partial charge on any atom is -0.494 e. The molecule has 2 heterocycles. The van der Waals surface area contributed by atoms with Gasteiger partial charge in [0.05, 0.1) is 36.8 Å². The van der Waals surface area contributed by atoms with Gasteiger partial charge >= 0.3 is 5.97 Å². The summed E-state index contributed by atoms with van der Waals surface area (Å²) >= 11 is 0. The third-order valence-corrected chi connectivity index (χ3v) is 5.55. The highest BCUT2D eigenvalue weighted by molar-refractivity contribution is 6.03. The standard InChI is InChI=1S/C26H25FN6O4/c1-6-23(34)29-19-12-20(22(36-4)11-18(19)27)30-26-28-13-16(25(35)37-5)24(31-26)17-14-33(32(2)3)21-10-8-7-9-15(17)21/h6-14H,1H2,2-5H3,(H,29,34)(H,28,30,31). The lowest BCUT2D eigenvalue weighted by Crippen LogP contribution is -2.23. The second-order valence-corrected chi connectivity index (χ2v) is 8.05. The predicted octanol–water partition coefficient (Wildman–Crippen LogP) is 4.10. The topological polar surface area (TPSA) is 111 Å². The lowest BCUT2D eigenvalue weighted by molar-refractivity contribution is -0.111. The summed E-state index contributed by atoms with van der Waals surface area (Å²) in [5.41, 5.74) is 2.29. The average Bonchev–Trinajstić information content (AvgIpc) is 3.29. The monoisotopic (exact) mass is 504 g/mol. The number of nitrogens with zero attached hydrogens (tertiary/aromatic N) is 4. The third-order valence-electron chi connectivity index (χ3n) is 5.55. The van der Waals surface area contributed by atoms with Crippen LogP contribution in [0.1, 0.15) is 10.4 Å². The van der Waals surface area contributed by atoms with Crippen molar-refractivity contribution in [3.63, 3.8) is 0 Å². The number of carbonyl (C=O) groups excluding carboxylic acids is 2. The molecular weight excluding hydrogens is 479 g/mol. The van der Waals surface area contributed by atoms with Gasteiger partial charge in [0.15, 0.2) is 5.82 Å². The molecule has 0 radical (unpaired) electrons. The molecule has 0 aliphatic heterocycles. The summed E-state index contributed by atoms with van der Waals surface area (Å²) in [6, 6.07) is 10.2. The Hall–Kier alpha value is -4.93. The first kappa shape index (κ1) is 25.2. The first-order chi connectivity index (χ1) is 17.8. The molecule has 0 saturated heterocycles.